The Hall–Kier alpha value is -1.80. The van der Waals surface area contributed by atoms with Gasteiger partial charge in [-0.3, -0.25) is 9.69 Å². The number of hydrogen-bond acceptors (Lipinski definition) is 4. The average Bonchev–Trinajstić information content (AvgIpc) is 3.13. The predicted molar refractivity (Wildman–Crippen MR) is 107 cm³/mol. The maximum absolute atomic E-state index is 12.3. The number of nitrogens with one attached hydrogen (secondary N) is 2. The molecule has 0 aromatic heterocycles. The summed E-state index contributed by atoms with van der Waals surface area (Å²) in [6.07, 6.45) is 1.26. The Bertz CT molecular complexity index is 725. The first-order chi connectivity index (χ1) is 14.4. The van der Waals surface area contributed by atoms with Crippen LogP contribution >= 0.6 is 0 Å². The molecule has 2 N–H and O–H groups in total. The lowest BCUT2D eigenvalue weighted by Gasteiger charge is -2.25. The number of carbonyl (C=O) groups is 1. The zero-order valence-electron chi connectivity index (χ0n) is 17.1. The molecule has 5 nitrogen and oxygen atoms in total. The molecular formula is C22H30F3N3O2. The minimum Gasteiger partial charge on any atom is -0.406 e. The van der Waals surface area contributed by atoms with Crippen LogP contribution in [0.4, 0.5) is 13.2 Å². The third kappa shape index (κ3) is 5.88. The van der Waals surface area contributed by atoms with Crippen molar-refractivity contribution in [3.8, 4) is 5.75 Å². The zero-order chi connectivity index (χ0) is 21.1. The number of piperidine rings is 1. The second kappa shape index (κ2) is 9.14. The number of carbonyl (C=O) groups excluding carboxylic acids is 1. The molecule has 2 unspecified atom stereocenters. The van der Waals surface area contributed by atoms with Gasteiger partial charge >= 0.3 is 6.36 Å². The maximum atomic E-state index is 12.3. The summed E-state index contributed by atoms with van der Waals surface area (Å²) in [6.45, 7) is 3.78. The van der Waals surface area contributed by atoms with Gasteiger partial charge < -0.3 is 15.4 Å². The molecule has 1 saturated heterocycles. The average molecular weight is 425 g/mol. The largest absolute Gasteiger partial charge is 0.573 e. The standard InChI is InChI=1S/C22H30F3N3O2/c23-22(24,25)30-17-8-4-5-15(9-17)10-26-11-18-19-12-28(13-20(18)19)14-21(29)27-16-6-2-1-3-7-16/h4-5,8-9,16,18-20,26H,1-3,6-7,10-14H2,(H,27,29). The van der Waals surface area contributed by atoms with Crippen LogP contribution in [0.25, 0.3) is 0 Å². The minimum atomic E-state index is -4.67. The fourth-order valence-corrected chi connectivity index (χ4v) is 5.13. The van der Waals surface area contributed by atoms with Crippen LogP contribution in [-0.4, -0.2) is 49.4 Å². The highest BCUT2D eigenvalue weighted by Crippen LogP contribution is 2.51. The number of amides is 1. The molecule has 2 aliphatic carbocycles. The Morgan fingerprint density at radius 3 is 2.57 bits per heavy atom. The van der Waals surface area contributed by atoms with Gasteiger partial charge in [0, 0.05) is 25.7 Å². The summed E-state index contributed by atoms with van der Waals surface area (Å²) in [7, 11) is 0. The molecule has 3 fully saturated rings. The van der Waals surface area contributed by atoms with Crippen LogP contribution in [0.1, 0.15) is 37.7 Å². The van der Waals surface area contributed by atoms with Crippen molar-refractivity contribution in [2.24, 2.45) is 17.8 Å². The molecule has 166 valence electrons. The van der Waals surface area contributed by atoms with Crippen LogP contribution in [0.3, 0.4) is 0 Å². The van der Waals surface area contributed by atoms with Crippen LogP contribution in [0.5, 0.6) is 5.75 Å². The van der Waals surface area contributed by atoms with E-state index >= 15 is 0 Å². The van der Waals surface area contributed by atoms with Gasteiger partial charge in [0.15, 0.2) is 0 Å². The van der Waals surface area contributed by atoms with Gasteiger partial charge in [-0.25, -0.2) is 0 Å². The van der Waals surface area contributed by atoms with Gasteiger partial charge in [0.05, 0.1) is 6.54 Å². The van der Waals surface area contributed by atoms with E-state index in [9.17, 15) is 18.0 Å². The Balaban J connectivity index is 1.13. The minimum absolute atomic E-state index is 0.152. The first-order valence-electron chi connectivity index (χ1n) is 10.9. The second-order valence-electron chi connectivity index (χ2n) is 8.91. The summed E-state index contributed by atoms with van der Waals surface area (Å²) >= 11 is 0. The highest BCUT2D eigenvalue weighted by Gasteiger charge is 2.55. The van der Waals surface area contributed by atoms with Crippen molar-refractivity contribution < 1.29 is 22.7 Å². The number of benzene rings is 1. The molecule has 3 aliphatic rings. The smallest absolute Gasteiger partial charge is 0.406 e. The molecule has 30 heavy (non-hydrogen) atoms. The van der Waals surface area contributed by atoms with Crippen molar-refractivity contribution in [3.63, 3.8) is 0 Å². The van der Waals surface area contributed by atoms with E-state index in [4.69, 9.17) is 0 Å². The van der Waals surface area contributed by atoms with Crippen LogP contribution < -0.4 is 15.4 Å². The van der Waals surface area contributed by atoms with Gasteiger partial charge in [-0.15, -0.1) is 13.2 Å². The Kier molecular flexibility index (Phi) is 6.53. The molecule has 1 aromatic rings. The summed E-state index contributed by atoms with van der Waals surface area (Å²) in [5.41, 5.74) is 0.767. The molecule has 0 radical (unpaired) electrons. The van der Waals surface area contributed by atoms with Crippen molar-refractivity contribution in [3.05, 3.63) is 29.8 Å². The quantitative estimate of drug-likeness (QED) is 0.671. The summed E-state index contributed by atoms with van der Waals surface area (Å²) in [5.74, 6) is 1.81. The first-order valence-corrected chi connectivity index (χ1v) is 10.9. The van der Waals surface area contributed by atoms with E-state index in [0.717, 1.165) is 38.0 Å². The van der Waals surface area contributed by atoms with Crippen molar-refractivity contribution in [2.75, 3.05) is 26.2 Å². The predicted octanol–water partition coefficient (Wildman–Crippen LogP) is 3.30. The molecule has 1 aromatic carbocycles. The third-order valence-electron chi connectivity index (χ3n) is 6.63. The monoisotopic (exact) mass is 425 g/mol. The van der Waals surface area contributed by atoms with E-state index < -0.39 is 6.36 Å². The third-order valence-corrected chi connectivity index (χ3v) is 6.63. The van der Waals surface area contributed by atoms with Gasteiger partial charge in [-0.2, -0.15) is 0 Å². The maximum Gasteiger partial charge on any atom is 0.573 e. The molecular weight excluding hydrogens is 395 g/mol. The van der Waals surface area contributed by atoms with E-state index in [1.807, 2.05) is 0 Å². The molecule has 2 atom stereocenters. The summed E-state index contributed by atoms with van der Waals surface area (Å²) < 4.78 is 41.0. The van der Waals surface area contributed by atoms with Crippen LogP contribution in [0.2, 0.25) is 0 Å². The van der Waals surface area contributed by atoms with Crippen LogP contribution in [0.15, 0.2) is 24.3 Å². The first kappa shape index (κ1) is 21.4. The Morgan fingerprint density at radius 1 is 1.13 bits per heavy atom. The van der Waals surface area contributed by atoms with E-state index in [-0.39, 0.29) is 11.7 Å². The molecule has 2 saturated carbocycles. The number of rotatable bonds is 8. The molecule has 0 spiro atoms. The van der Waals surface area contributed by atoms with E-state index in [0.29, 0.717) is 36.9 Å². The van der Waals surface area contributed by atoms with Crippen molar-refractivity contribution in [2.45, 2.75) is 51.1 Å². The fourth-order valence-electron chi connectivity index (χ4n) is 5.13. The lowest BCUT2D eigenvalue weighted by atomic mass is 9.95. The normalized spacial score (nSPS) is 27.0. The molecule has 0 bridgehead atoms. The number of ether oxygens (including phenoxy) is 1. The van der Waals surface area contributed by atoms with Crippen LogP contribution in [0, 0.1) is 17.8 Å². The topological polar surface area (TPSA) is 53.6 Å². The van der Waals surface area contributed by atoms with Crippen molar-refractivity contribution >= 4 is 5.91 Å². The molecule has 1 amide bonds. The Morgan fingerprint density at radius 2 is 1.87 bits per heavy atom. The molecule has 8 heteroatoms. The number of halogens is 3. The van der Waals surface area contributed by atoms with E-state index in [1.54, 1.807) is 12.1 Å². The zero-order valence-corrected chi connectivity index (χ0v) is 17.1. The number of nitrogens with zero attached hydrogens (tertiary/aromatic N) is 1. The lowest BCUT2D eigenvalue weighted by molar-refractivity contribution is -0.274. The number of fused-ring (bicyclic) bond motifs is 1. The van der Waals surface area contributed by atoms with Crippen LogP contribution in [-0.2, 0) is 11.3 Å². The fraction of sp³-hybridized carbons (Fsp3) is 0.682. The molecule has 1 heterocycles. The number of alkyl halides is 3. The van der Waals surface area contributed by atoms with Gasteiger partial charge in [0.25, 0.3) is 0 Å². The lowest BCUT2D eigenvalue weighted by Crippen LogP contribution is -2.43. The van der Waals surface area contributed by atoms with E-state index in [1.165, 1.54) is 31.4 Å². The van der Waals surface area contributed by atoms with Crippen molar-refractivity contribution in [1.82, 2.24) is 15.5 Å². The molecule has 1 aliphatic heterocycles. The Labute approximate surface area is 175 Å². The van der Waals surface area contributed by atoms with Gasteiger partial charge in [-0.05, 0) is 54.8 Å². The number of likely N-dealkylation sites (tertiary alicyclic amines) is 1. The van der Waals surface area contributed by atoms with Gasteiger partial charge in [0.2, 0.25) is 5.91 Å². The summed E-state index contributed by atoms with van der Waals surface area (Å²) in [5, 5.41) is 6.54. The summed E-state index contributed by atoms with van der Waals surface area (Å²) in [6, 6.07) is 6.44. The van der Waals surface area contributed by atoms with E-state index in [2.05, 4.69) is 20.3 Å². The van der Waals surface area contributed by atoms with Gasteiger partial charge in [0.1, 0.15) is 5.75 Å². The second-order valence-corrected chi connectivity index (χ2v) is 8.91. The number of hydrogen-bond donors (Lipinski definition) is 2. The SMILES string of the molecule is O=C(CN1CC2C(CNCc3cccc(OC(F)(F)F)c3)C2C1)NC1CCCCC1. The molecule has 4 rings (SSSR count). The van der Waals surface area contributed by atoms with Gasteiger partial charge in [-0.1, -0.05) is 31.4 Å². The highest BCUT2D eigenvalue weighted by molar-refractivity contribution is 5.78. The van der Waals surface area contributed by atoms with Crippen molar-refractivity contribution in [1.29, 1.82) is 0 Å². The summed E-state index contributed by atoms with van der Waals surface area (Å²) in [4.78, 5) is 14.5. The highest BCUT2D eigenvalue weighted by atomic mass is 19.4.